The van der Waals surface area contributed by atoms with Crippen LogP contribution in [0.3, 0.4) is 0 Å². The van der Waals surface area contributed by atoms with Gasteiger partial charge in [-0.25, -0.2) is 4.68 Å². The van der Waals surface area contributed by atoms with Crippen LogP contribution in [-0.2, 0) is 0 Å². The molecule has 0 bridgehead atoms. The van der Waals surface area contributed by atoms with Crippen molar-refractivity contribution in [3.05, 3.63) is 0 Å². The first-order valence-corrected chi connectivity index (χ1v) is 6.15. The summed E-state index contributed by atoms with van der Waals surface area (Å²) in [5.41, 5.74) is 5.85. The molecule has 0 atom stereocenters. The van der Waals surface area contributed by atoms with Gasteiger partial charge in [-0.05, 0) is 26.7 Å². The number of rotatable bonds is 2. The zero-order chi connectivity index (χ0) is 11.5. The van der Waals surface area contributed by atoms with Gasteiger partial charge in [-0.15, -0.1) is 5.10 Å². The second kappa shape index (κ2) is 4.72. The molecule has 0 aliphatic carbocycles. The lowest BCUT2D eigenvalue weighted by Crippen LogP contribution is -2.25. The topological polar surface area (TPSA) is 60.0 Å². The number of nitrogens with two attached hydrogens (primary N) is 1. The predicted molar refractivity (Wildman–Crippen MR) is 65.5 cm³/mol. The molecule has 0 aromatic carbocycles. The molecule has 0 radical (unpaired) electrons. The molecular weight excluding hydrogens is 202 g/mol. The van der Waals surface area contributed by atoms with E-state index in [9.17, 15) is 0 Å². The zero-order valence-electron chi connectivity index (χ0n) is 10.2. The number of anilines is 2. The Morgan fingerprint density at radius 2 is 1.75 bits per heavy atom. The minimum Gasteiger partial charge on any atom is -0.368 e. The van der Waals surface area contributed by atoms with E-state index >= 15 is 0 Å². The maximum atomic E-state index is 5.85. The lowest BCUT2D eigenvalue weighted by Gasteiger charge is -2.17. The lowest BCUT2D eigenvalue weighted by atomic mass is 10.2. The lowest BCUT2D eigenvalue weighted by molar-refractivity contribution is 0.538. The van der Waals surface area contributed by atoms with Gasteiger partial charge in [0.2, 0.25) is 11.9 Å². The van der Waals surface area contributed by atoms with E-state index in [1.54, 1.807) is 4.68 Å². The van der Waals surface area contributed by atoms with Crippen LogP contribution in [0.25, 0.3) is 0 Å². The molecule has 5 heteroatoms. The SMILES string of the molecule is CC(C)n1nc(N2CCCCCC2)nc1N. The highest BCUT2D eigenvalue weighted by molar-refractivity contribution is 5.35. The van der Waals surface area contributed by atoms with E-state index in [1.807, 2.05) is 0 Å². The molecule has 1 aromatic heterocycles. The molecule has 1 aliphatic heterocycles. The monoisotopic (exact) mass is 223 g/mol. The number of nitrogens with zero attached hydrogens (tertiary/aromatic N) is 4. The van der Waals surface area contributed by atoms with Gasteiger partial charge in [0, 0.05) is 13.1 Å². The van der Waals surface area contributed by atoms with Gasteiger partial charge in [-0.2, -0.15) is 4.98 Å². The van der Waals surface area contributed by atoms with Crippen LogP contribution in [0.1, 0.15) is 45.6 Å². The minimum absolute atomic E-state index is 0.272. The standard InChI is InChI=1S/C11H21N5/c1-9(2)16-10(12)13-11(14-16)15-7-5-3-4-6-8-15/h9H,3-8H2,1-2H3,(H2,12,13,14). The van der Waals surface area contributed by atoms with Crippen molar-refractivity contribution in [1.82, 2.24) is 14.8 Å². The Bertz CT molecular complexity index is 336. The van der Waals surface area contributed by atoms with Crippen molar-refractivity contribution in [2.75, 3.05) is 23.7 Å². The van der Waals surface area contributed by atoms with Gasteiger partial charge in [0.1, 0.15) is 0 Å². The number of aromatic nitrogens is 3. The van der Waals surface area contributed by atoms with E-state index < -0.39 is 0 Å². The summed E-state index contributed by atoms with van der Waals surface area (Å²) in [7, 11) is 0. The summed E-state index contributed by atoms with van der Waals surface area (Å²) >= 11 is 0. The third-order valence-electron chi connectivity index (χ3n) is 3.02. The summed E-state index contributed by atoms with van der Waals surface area (Å²) < 4.78 is 1.79. The van der Waals surface area contributed by atoms with Gasteiger partial charge in [0.15, 0.2) is 0 Å². The summed E-state index contributed by atoms with van der Waals surface area (Å²) in [6, 6.07) is 0.272. The molecule has 1 saturated heterocycles. The second-order valence-electron chi connectivity index (χ2n) is 4.71. The predicted octanol–water partition coefficient (Wildman–Crippen LogP) is 1.82. The maximum Gasteiger partial charge on any atom is 0.246 e. The van der Waals surface area contributed by atoms with Crippen molar-refractivity contribution in [2.45, 2.75) is 45.6 Å². The zero-order valence-corrected chi connectivity index (χ0v) is 10.2. The molecule has 2 N–H and O–H groups in total. The van der Waals surface area contributed by atoms with E-state index in [1.165, 1.54) is 25.7 Å². The fourth-order valence-corrected chi connectivity index (χ4v) is 2.11. The van der Waals surface area contributed by atoms with Crippen molar-refractivity contribution in [2.24, 2.45) is 0 Å². The van der Waals surface area contributed by atoms with Gasteiger partial charge in [-0.3, -0.25) is 0 Å². The van der Waals surface area contributed by atoms with Crippen molar-refractivity contribution >= 4 is 11.9 Å². The average Bonchev–Trinajstić information content (AvgIpc) is 2.50. The Labute approximate surface area is 96.6 Å². The van der Waals surface area contributed by atoms with Crippen LogP contribution in [-0.4, -0.2) is 27.9 Å². The number of nitrogen functional groups attached to an aromatic ring is 1. The van der Waals surface area contributed by atoms with Crippen LogP contribution < -0.4 is 10.6 Å². The van der Waals surface area contributed by atoms with Gasteiger partial charge in [0.25, 0.3) is 0 Å². The Balaban J connectivity index is 2.16. The highest BCUT2D eigenvalue weighted by atomic mass is 15.5. The molecule has 1 fully saturated rings. The van der Waals surface area contributed by atoms with E-state index in [4.69, 9.17) is 5.73 Å². The van der Waals surface area contributed by atoms with Crippen LogP contribution in [0.2, 0.25) is 0 Å². The normalized spacial score (nSPS) is 17.8. The Kier molecular flexibility index (Phi) is 3.31. The first-order valence-electron chi connectivity index (χ1n) is 6.15. The fraction of sp³-hybridized carbons (Fsp3) is 0.818. The van der Waals surface area contributed by atoms with Crippen LogP contribution in [0.4, 0.5) is 11.9 Å². The maximum absolute atomic E-state index is 5.85. The molecule has 1 aliphatic rings. The molecule has 5 nitrogen and oxygen atoms in total. The van der Waals surface area contributed by atoms with E-state index in [-0.39, 0.29) is 6.04 Å². The largest absolute Gasteiger partial charge is 0.368 e. The molecule has 0 unspecified atom stereocenters. The molecule has 0 spiro atoms. The first-order chi connectivity index (χ1) is 7.68. The Hall–Kier alpha value is -1.26. The minimum atomic E-state index is 0.272. The summed E-state index contributed by atoms with van der Waals surface area (Å²) in [5.74, 6) is 1.32. The highest BCUT2D eigenvalue weighted by Gasteiger charge is 2.16. The van der Waals surface area contributed by atoms with E-state index in [0.29, 0.717) is 5.95 Å². The van der Waals surface area contributed by atoms with Crippen molar-refractivity contribution in [1.29, 1.82) is 0 Å². The number of hydrogen-bond acceptors (Lipinski definition) is 4. The first kappa shape index (κ1) is 11.2. The molecule has 1 aromatic rings. The molecular formula is C11H21N5. The van der Waals surface area contributed by atoms with E-state index in [2.05, 4.69) is 28.8 Å². The molecule has 0 amide bonds. The van der Waals surface area contributed by atoms with Gasteiger partial charge >= 0.3 is 0 Å². The van der Waals surface area contributed by atoms with Gasteiger partial charge in [0.05, 0.1) is 6.04 Å². The van der Waals surface area contributed by atoms with Crippen LogP contribution >= 0.6 is 0 Å². The molecule has 90 valence electrons. The summed E-state index contributed by atoms with van der Waals surface area (Å²) in [4.78, 5) is 6.60. The summed E-state index contributed by atoms with van der Waals surface area (Å²) in [6.45, 7) is 6.25. The Morgan fingerprint density at radius 3 is 2.25 bits per heavy atom. The van der Waals surface area contributed by atoms with Crippen LogP contribution in [0.5, 0.6) is 0 Å². The summed E-state index contributed by atoms with van der Waals surface area (Å²) in [6.07, 6.45) is 5.10. The molecule has 16 heavy (non-hydrogen) atoms. The smallest absolute Gasteiger partial charge is 0.246 e. The summed E-state index contributed by atoms with van der Waals surface area (Å²) in [5, 5.41) is 4.48. The van der Waals surface area contributed by atoms with Crippen molar-refractivity contribution in [3.8, 4) is 0 Å². The third-order valence-corrected chi connectivity index (χ3v) is 3.02. The fourth-order valence-electron chi connectivity index (χ4n) is 2.11. The van der Waals surface area contributed by atoms with Crippen molar-refractivity contribution < 1.29 is 0 Å². The van der Waals surface area contributed by atoms with Gasteiger partial charge < -0.3 is 10.6 Å². The molecule has 2 rings (SSSR count). The highest BCUT2D eigenvalue weighted by Crippen LogP contribution is 2.19. The molecule has 0 saturated carbocycles. The van der Waals surface area contributed by atoms with Crippen LogP contribution in [0, 0.1) is 0 Å². The van der Waals surface area contributed by atoms with Crippen LogP contribution in [0.15, 0.2) is 0 Å². The van der Waals surface area contributed by atoms with Crippen molar-refractivity contribution in [3.63, 3.8) is 0 Å². The molecule has 2 heterocycles. The average molecular weight is 223 g/mol. The second-order valence-corrected chi connectivity index (χ2v) is 4.71. The Morgan fingerprint density at radius 1 is 1.12 bits per heavy atom. The quantitative estimate of drug-likeness (QED) is 0.830. The third kappa shape index (κ3) is 2.28. The van der Waals surface area contributed by atoms with Gasteiger partial charge in [-0.1, -0.05) is 12.8 Å². The van der Waals surface area contributed by atoms with E-state index in [0.717, 1.165) is 19.0 Å². The number of hydrogen-bond donors (Lipinski definition) is 1.